The molecule has 2 heterocycles. The van der Waals surface area contributed by atoms with Crippen molar-refractivity contribution in [2.24, 2.45) is 11.1 Å². The van der Waals surface area contributed by atoms with Gasteiger partial charge in [0.15, 0.2) is 11.5 Å². The molecule has 0 spiro atoms. The van der Waals surface area contributed by atoms with Gasteiger partial charge >= 0.3 is 13.5 Å². The van der Waals surface area contributed by atoms with E-state index >= 15 is 0 Å². The molecule has 0 saturated heterocycles. The first-order valence-corrected chi connectivity index (χ1v) is 12.9. The zero-order valence-electron chi connectivity index (χ0n) is 19.2. The summed E-state index contributed by atoms with van der Waals surface area (Å²) in [6.07, 6.45) is 7.66. The molecule has 0 aliphatic heterocycles. The smallest absolute Gasteiger partial charge is 0.364 e. The van der Waals surface area contributed by atoms with Crippen molar-refractivity contribution < 1.29 is 23.8 Å². The average molecular weight is 481 g/mol. The van der Waals surface area contributed by atoms with Crippen molar-refractivity contribution in [2.45, 2.75) is 71.6 Å². The minimum absolute atomic E-state index is 0.281. The van der Waals surface area contributed by atoms with Crippen LogP contribution in [0, 0.1) is 5.92 Å². The van der Waals surface area contributed by atoms with E-state index in [0.29, 0.717) is 17.7 Å². The summed E-state index contributed by atoms with van der Waals surface area (Å²) in [5.41, 5.74) is 7.62. The third-order valence-electron chi connectivity index (χ3n) is 5.69. The zero-order valence-corrected chi connectivity index (χ0v) is 20.1. The number of nitrogen functional groups attached to an aromatic ring is 1. The Kier molecular flexibility index (Phi) is 8.39. The number of aliphatic carboxylic acids is 1. The Hall–Kier alpha value is -2.56. The number of fused-ring (bicyclic) bond motifs is 1. The summed E-state index contributed by atoms with van der Waals surface area (Å²) < 4.78 is 26.4. The van der Waals surface area contributed by atoms with E-state index in [1.54, 1.807) is 17.8 Å². The fourth-order valence-corrected chi connectivity index (χ4v) is 5.33. The lowest BCUT2D eigenvalue weighted by molar-refractivity contribution is -0.138. The van der Waals surface area contributed by atoms with E-state index < -0.39 is 25.6 Å². The standard InChI is InChI=1S/C20H32N7O5P/c1-13(9-27-11-24-17-18(21)22-10-23-19(17)27)31-12-33(30,26-15(3)20(28)29)32-25-14(2)16-7-5-4-6-8-16/h10-11,13,15-16H,4-9,12H2,1-3H3,(H,26,30)(H,28,29)(H2,21,22,23)/b25-14+/t13-,15+,33?/m1/s1. The lowest BCUT2D eigenvalue weighted by atomic mass is 9.86. The van der Waals surface area contributed by atoms with Crippen molar-refractivity contribution in [3.8, 4) is 0 Å². The average Bonchev–Trinajstić information content (AvgIpc) is 3.21. The molecule has 33 heavy (non-hydrogen) atoms. The van der Waals surface area contributed by atoms with E-state index in [9.17, 15) is 14.5 Å². The molecule has 13 heteroatoms. The summed E-state index contributed by atoms with van der Waals surface area (Å²) in [5, 5.41) is 15.9. The Bertz CT molecular complexity index is 1040. The van der Waals surface area contributed by atoms with E-state index in [4.69, 9.17) is 15.1 Å². The van der Waals surface area contributed by atoms with E-state index in [1.807, 2.05) is 6.92 Å². The van der Waals surface area contributed by atoms with Crippen molar-refractivity contribution in [1.29, 1.82) is 0 Å². The number of nitrogens with two attached hydrogens (primary N) is 1. The minimum Gasteiger partial charge on any atom is -0.480 e. The van der Waals surface area contributed by atoms with Crippen molar-refractivity contribution in [1.82, 2.24) is 24.6 Å². The summed E-state index contributed by atoms with van der Waals surface area (Å²) in [4.78, 5) is 23.6. The SMILES string of the molecule is C/C(=N\OP(=O)(CO[C@H](C)Cn1cnc2c(N)ncnc21)N[C@@H](C)C(=O)O)C1CCCCC1. The second-order valence-electron chi connectivity index (χ2n) is 8.45. The number of carbonyl (C=O) groups is 1. The monoisotopic (exact) mass is 481 g/mol. The molecule has 1 unspecified atom stereocenters. The molecule has 2 aromatic rings. The highest BCUT2D eigenvalue weighted by Crippen LogP contribution is 2.44. The molecule has 12 nitrogen and oxygen atoms in total. The second kappa shape index (κ2) is 11.0. The number of carboxylic acids is 1. The molecule has 0 amide bonds. The number of oxime groups is 1. The van der Waals surface area contributed by atoms with E-state index in [0.717, 1.165) is 31.4 Å². The highest BCUT2D eigenvalue weighted by molar-refractivity contribution is 7.56. The van der Waals surface area contributed by atoms with Crippen LogP contribution in [0.5, 0.6) is 0 Å². The second-order valence-corrected chi connectivity index (χ2v) is 10.5. The van der Waals surface area contributed by atoms with Crippen LogP contribution in [0.1, 0.15) is 52.9 Å². The third-order valence-corrected chi connectivity index (χ3v) is 7.30. The molecule has 1 aliphatic carbocycles. The third kappa shape index (κ3) is 6.72. The summed E-state index contributed by atoms with van der Waals surface area (Å²) >= 11 is 0. The number of ether oxygens (including phenoxy) is 1. The van der Waals surface area contributed by atoms with Crippen molar-refractivity contribution in [2.75, 3.05) is 12.1 Å². The Morgan fingerprint density at radius 3 is 2.76 bits per heavy atom. The maximum absolute atomic E-state index is 13.4. The summed E-state index contributed by atoms with van der Waals surface area (Å²) in [7, 11) is -3.75. The fourth-order valence-electron chi connectivity index (χ4n) is 3.75. The number of rotatable bonds is 11. The van der Waals surface area contributed by atoms with Gasteiger partial charge in [-0.25, -0.2) is 20.0 Å². The van der Waals surface area contributed by atoms with Crippen molar-refractivity contribution in [3.05, 3.63) is 12.7 Å². The van der Waals surface area contributed by atoms with E-state index in [2.05, 4.69) is 25.2 Å². The van der Waals surface area contributed by atoms with Gasteiger partial charge in [0, 0.05) is 5.92 Å². The summed E-state index contributed by atoms with van der Waals surface area (Å²) in [6, 6.07) is -1.10. The number of hydrogen-bond acceptors (Lipinski definition) is 9. The molecule has 1 aliphatic rings. The minimum atomic E-state index is -3.75. The molecule has 182 valence electrons. The van der Waals surface area contributed by atoms with Gasteiger partial charge in [-0.3, -0.25) is 9.36 Å². The van der Waals surface area contributed by atoms with Gasteiger partial charge in [-0.2, -0.15) is 0 Å². The van der Waals surface area contributed by atoms with Gasteiger partial charge in [-0.05, 0) is 33.6 Å². The number of carboxylic acid groups (broad SMARTS) is 1. The number of anilines is 1. The highest BCUT2D eigenvalue weighted by atomic mass is 31.2. The number of nitrogens with one attached hydrogen (secondary N) is 1. The molecular formula is C20H32N7O5P. The van der Waals surface area contributed by atoms with Crippen LogP contribution >= 0.6 is 7.52 Å². The van der Waals surface area contributed by atoms with Crippen molar-refractivity contribution in [3.63, 3.8) is 0 Å². The molecule has 0 radical (unpaired) electrons. The first kappa shape index (κ1) is 25.1. The maximum Gasteiger partial charge on any atom is 0.364 e. The number of imidazole rings is 1. The van der Waals surface area contributed by atoms with Crippen LogP contribution in [-0.2, 0) is 25.3 Å². The first-order chi connectivity index (χ1) is 15.7. The summed E-state index contributed by atoms with van der Waals surface area (Å²) in [6.45, 7) is 5.38. The number of hydrogen-bond donors (Lipinski definition) is 3. The highest BCUT2D eigenvalue weighted by Gasteiger charge is 2.31. The maximum atomic E-state index is 13.4. The van der Waals surface area contributed by atoms with E-state index in [1.165, 1.54) is 19.7 Å². The van der Waals surface area contributed by atoms with Crippen molar-refractivity contribution >= 4 is 36.2 Å². The lowest BCUT2D eigenvalue weighted by Gasteiger charge is -2.24. The molecular weight excluding hydrogens is 449 g/mol. The molecule has 1 saturated carbocycles. The van der Waals surface area contributed by atoms with Gasteiger partial charge < -0.3 is 24.8 Å². The quantitative estimate of drug-likeness (QED) is 0.246. The molecule has 2 aromatic heterocycles. The van der Waals surface area contributed by atoms with Crippen LogP contribution in [0.2, 0.25) is 0 Å². The topological polar surface area (TPSA) is 167 Å². The molecule has 4 N–H and O–H groups in total. The van der Waals surface area contributed by atoms with Gasteiger partial charge in [-0.15, -0.1) is 0 Å². The normalized spacial score (nSPS) is 19.2. The Labute approximate surface area is 192 Å². The van der Waals surface area contributed by atoms with Crippen LogP contribution < -0.4 is 10.8 Å². The van der Waals surface area contributed by atoms with Crippen LogP contribution in [0.4, 0.5) is 5.82 Å². The number of nitrogens with zero attached hydrogens (tertiary/aromatic N) is 5. The van der Waals surface area contributed by atoms with Gasteiger partial charge in [0.1, 0.15) is 24.2 Å². The van der Waals surface area contributed by atoms with E-state index in [-0.39, 0.29) is 18.1 Å². The molecule has 0 aromatic carbocycles. The van der Waals surface area contributed by atoms with Crippen LogP contribution in [0.25, 0.3) is 11.2 Å². The van der Waals surface area contributed by atoms with Gasteiger partial charge in [0.05, 0.1) is 24.7 Å². The molecule has 0 bridgehead atoms. The predicted molar refractivity (Wildman–Crippen MR) is 124 cm³/mol. The fraction of sp³-hybridized carbons (Fsp3) is 0.650. The summed E-state index contributed by atoms with van der Waals surface area (Å²) in [5.74, 6) is -0.585. The first-order valence-electron chi connectivity index (χ1n) is 11.0. The van der Waals surface area contributed by atoms with Crippen LogP contribution in [-0.4, -0.2) is 54.8 Å². The Morgan fingerprint density at radius 1 is 1.33 bits per heavy atom. The Morgan fingerprint density at radius 2 is 2.06 bits per heavy atom. The number of aromatic nitrogens is 4. The zero-order chi connectivity index (χ0) is 24.0. The van der Waals surface area contributed by atoms with Crippen LogP contribution in [0.15, 0.2) is 17.8 Å². The predicted octanol–water partition coefficient (Wildman–Crippen LogP) is 3.00. The molecule has 1 fully saturated rings. The Balaban J connectivity index is 1.66. The lowest BCUT2D eigenvalue weighted by Crippen LogP contribution is -2.33. The van der Waals surface area contributed by atoms with Crippen LogP contribution in [0.3, 0.4) is 0 Å². The van der Waals surface area contributed by atoms with Gasteiger partial charge in [0.2, 0.25) is 0 Å². The van der Waals surface area contributed by atoms with Gasteiger partial charge in [-0.1, -0.05) is 24.4 Å². The largest absolute Gasteiger partial charge is 0.480 e. The molecule has 3 rings (SSSR count). The molecule has 3 atom stereocenters. The van der Waals surface area contributed by atoms with Gasteiger partial charge in [0.25, 0.3) is 0 Å².